The van der Waals surface area contributed by atoms with Crippen molar-refractivity contribution in [1.82, 2.24) is 0 Å². The fourth-order valence-corrected chi connectivity index (χ4v) is 0.618. The van der Waals surface area contributed by atoms with E-state index in [4.69, 9.17) is 11.6 Å². The second-order valence-corrected chi connectivity index (χ2v) is 2.91. The van der Waals surface area contributed by atoms with Gasteiger partial charge in [-0.15, -0.1) is 0 Å². The minimum absolute atomic E-state index is 0.0774. The van der Waals surface area contributed by atoms with Gasteiger partial charge in [0.15, 0.2) is 6.10 Å². The van der Waals surface area contributed by atoms with E-state index < -0.39 is 18.0 Å². The Hall–Kier alpha value is -1.03. The molecule has 0 radical (unpaired) electrons. The molecule has 0 fully saturated rings. The van der Waals surface area contributed by atoms with Crippen molar-refractivity contribution in [2.45, 2.75) is 20.0 Å². The van der Waals surface area contributed by atoms with Crippen molar-refractivity contribution < 1.29 is 19.1 Å². The molecular formula is C8H11ClO4. The summed E-state index contributed by atoms with van der Waals surface area (Å²) in [6.07, 6.45) is -0.909. The average molecular weight is 207 g/mol. The lowest BCUT2D eigenvalue weighted by Gasteiger charge is -2.10. The molecule has 0 rings (SSSR count). The highest BCUT2D eigenvalue weighted by molar-refractivity contribution is 6.29. The number of esters is 2. The Morgan fingerprint density at radius 2 is 2.08 bits per heavy atom. The van der Waals surface area contributed by atoms with Crippen molar-refractivity contribution in [1.29, 1.82) is 0 Å². The molecule has 4 nitrogen and oxygen atoms in total. The molecule has 0 unspecified atom stereocenters. The summed E-state index contributed by atoms with van der Waals surface area (Å²) < 4.78 is 9.18. The second kappa shape index (κ2) is 5.59. The topological polar surface area (TPSA) is 52.6 Å². The van der Waals surface area contributed by atoms with Crippen LogP contribution in [-0.4, -0.2) is 24.6 Å². The van der Waals surface area contributed by atoms with Crippen molar-refractivity contribution in [3.8, 4) is 0 Å². The molecule has 5 heteroatoms. The maximum absolute atomic E-state index is 11.0. The van der Waals surface area contributed by atoms with Crippen molar-refractivity contribution in [3.63, 3.8) is 0 Å². The molecule has 0 aromatic rings. The van der Waals surface area contributed by atoms with Gasteiger partial charge in [0.1, 0.15) is 6.61 Å². The van der Waals surface area contributed by atoms with E-state index in [0.717, 1.165) is 0 Å². The fraction of sp³-hybridized carbons (Fsp3) is 0.500. The largest absolute Gasteiger partial charge is 0.457 e. The first kappa shape index (κ1) is 12.0. The quantitative estimate of drug-likeness (QED) is 0.650. The minimum atomic E-state index is -0.909. The lowest BCUT2D eigenvalue weighted by molar-refractivity contribution is -0.164. The molecule has 0 aliphatic heterocycles. The number of carbonyl (C=O) groups is 2. The molecule has 0 bridgehead atoms. The summed E-state index contributed by atoms with van der Waals surface area (Å²) in [5, 5.41) is 0.211. The summed E-state index contributed by atoms with van der Waals surface area (Å²) in [7, 11) is 0. The van der Waals surface area contributed by atoms with Gasteiger partial charge in [-0.1, -0.05) is 18.2 Å². The van der Waals surface area contributed by atoms with E-state index in [1.54, 1.807) is 0 Å². The summed E-state index contributed by atoms with van der Waals surface area (Å²) in [6, 6.07) is 0. The van der Waals surface area contributed by atoms with E-state index in [-0.39, 0.29) is 11.6 Å². The molecule has 74 valence electrons. The molecule has 13 heavy (non-hydrogen) atoms. The van der Waals surface area contributed by atoms with Gasteiger partial charge in [0.25, 0.3) is 0 Å². The zero-order valence-corrected chi connectivity index (χ0v) is 8.26. The molecule has 1 atom stereocenters. The Balaban J connectivity index is 3.82. The number of halogens is 1. The standard InChI is InChI=1S/C8H11ClO4/c1-5(9)4-12-8(11)6(2)13-7(3)10/h6H,1,4H2,2-3H3/t6-/m0/s1. The van der Waals surface area contributed by atoms with Crippen LogP contribution in [0.4, 0.5) is 0 Å². The van der Waals surface area contributed by atoms with Crippen molar-refractivity contribution in [2.75, 3.05) is 6.61 Å². The van der Waals surface area contributed by atoms with Crippen molar-refractivity contribution in [3.05, 3.63) is 11.6 Å². The Kier molecular flexibility index (Phi) is 5.14. The van der Waals surface area contributed by atoms with Gasteiger partial charge >= 0.3 is 11.9 Å². The molecule has 0 aromatic carbocycles. The SMILES string of the molecule is C=C(Cl)COC(=O)[C@H](C)OC(C)=O. The Morgan fingerprint density at radius 3 is 2.46 bits per heavy atom. The van der Waals surface area contributed by atoms with Gasteiger partial charge in [-0.05, 0) is 6.92 Å². The van der Waals surface area contributed by atoms with Crippen LogP contribution in [-0.2, 0) is 19.1 Å². The highest BCUT2D eigenvalue weighted by atomic mass is 35.5. The third-order valence-corrected chi connectivity index (χ3v) is 1.15. The van der Waals surface area contributed by atoms with Gasteiger partial charge < -0.3 is 9.47 Å². The molecule has 0 aliphatic carbocycles. The first-order chi connectivity index (χ1) is 5.93. The first-order valence-corrected chi connectivity index (χ1v) is 3.98. The zero-order valence-electron chi connectivity index (χ0n) is 7.50. The summed E-state index contributed by atoms with van der Waals surface area (Å²) in [6.45, 7) is 5.88. The van der Waals surface area contributed by atoms with Crippen LogP contribution in [0.5, 0.6) is 0 Å². The number of carbonyl (C=O) groups excluding carboxylic acids is 2. The zero-order chi connectivity index (χ0) is 10.4. The molecule has 0 aromatic heterocycles. The minimum Gasteiger partial charge on any atom is -0.457 e. The van der Waals surface area contributed by atoms with Crippen molar-refractivity contribution in [2.24, 2.45) is 0 Å². The number of hydrogen-bond acceptors (Lipinski definition) is 4. The molecule has 0 spiro atoms. The predicted octanol–water partition coefficient (Wildman–Crippen LogP) is 1.23. The lowest BCUT2D eigenvalue weighted by atomic mass is 10.4. The van der Waals surface area contributed by atoms with E-state index >= 15 is 0 Å². The molecule has 0 heterocycles. The van der Waals surface area contributed by atoms with Gasteiger partial charge in [0.05, 0.1) is 0 Å². The van der Waals surface area contributed by atoms with Gasteiger partial charge in [0, 0.05) is 12.0 Å². The second-order valence-electron chi connectivity index (χ2n) is 2.38. The maximum Gasteiger partial charge on any atom is 0.347 e. The van der Waals surface area contributed by atoms with Crippen LogP contribution in [0.3, 0.4) is 0 Å². The van der Waals surface area contributed by atoms with Crippen LogP contribution in [0.2, 0.25) is 0 Å². The highest BCUT2D eigenvalue weighted by Crippen LogP contribution is 2.00. The van der Waals surface area contributed by atoms with E-state index in [0.29, 0.717) is 0 Å². The number of hydrogen-bond donors (Lipinski definition) is 0. The Morgan fingerprint density at radius 1 is 1.54 bits per heavy atom. The van der Waals surface area contributed by atoms with Gasteiger partial charge in [-0.25, -0.2) is 4.79 Å². The Labute approximate surface area is 81.5 Å². The average Bonchev–Trinajstić information content (AvgIpc) is 1.98. The third kappa shape index (κ3) is 6.16. The molecular weight excluding hydrogens is 196 g/mol. The normalized spacial score (nSPS) is 11.6. The molecule has 0 amide bonds. The smallest absolute Gasteiger partial charge is 0.347 e. The molecule has 0 N–H and O–H groups in total. The van der Waals surface area contributed by atoms with E-state index in [1.807, 2.05) is 0 Å². The Bertz CT molecular complexity index is 224. The van der Waals surface area contributed by atoms with Crippen LogP contribution < -0.4 is 0 Å². The predicted molar refractivity (Wildman–Crippen MR) is 47.2 cm³/mol. The molecule has 0 aliphatic rings. The monoisotopic (exact) mass is 206 g/mol. The van der Waals surface area contributed by atoms with Gasteiger partial charge in [0.2, 0.25) is 0 Å². The van der Waals surface area contributed by atoms with E-state index in [9.17, 15) is 9.59 Å². The summed E-state index contributed by atoms with van der Waals surface area (Å²) in [5.74, 6) is -1.17. The van der Waals surface area contributed by atoms with Crippen LogP contribution in [0.1, 0.15) is 13.8 Å². The number of rotatable bonds is 4. The molecule has 0 saturated carbocycles. The summed E-state index contributed by atoms with van der Waals surface area (Å²) in [5.41, 5.74) is 0. The van der Waals surface area contributed by atoms with Crippen LogP contribution >= 0.6 is 11.6 Å². The first-order valence-electron chi connectivity index (χ1n) is 3.60. The van der Waals surface area contributed by atoms with Crippen LogP contribution in [0.25, 0.3) is 0 Å². The van der Waals surface area contributed by atoms with Gasteiger partial charge in [-0.2, -0.15) is 0 Å². The van der Waals surface area contributed by atoms with Crippen LogP contribution in [0.15, 0.2) is 11.6 Å². The third-order valence-electron chi connectivity index (χ3n) is 1.05. The summed E-state index contributed by atoms with van der Waals surface area (Å²) in [4.78, 5) is 21.4. The van der Waals surface area contributed by atoms with Crippen molar-refractivity contribution >= 4 is 23.5 Å². The lowest BCUT2D eigenvalue weighted by Crippen LogP contribution is -2.25. The van der Waals surface area contributed by atoms with Gasteiger partial charge in [-0.3, -0.25) is 4.79 Å². The summed E-state index contributed by atoms with van der Waals surface area (Å²) >= 11 is 5.35. The van der Waals surface area contributed by atoms with E-state index in [2.05, 4.69) is 16.1 Å². The maximum atomic E-state index is 11.0. The molecule has 0 saturated heterocycles. The fourth-order valence-electron chi connectivity index (χ4n) is 0.564. The van der Waals surface area contributed by atoms with Crippen LogP contribution in [0, 0.1) is 0 Å². The number of ether oxygens (including phenoxy) is 2. The highest BCUT2D eigenvalue weighted by Gasteiger charge is 2.16. The van der Waals surface area contributed by atoms with E-state index in [1.165, 1.54) is 13.8 Å².